The number of rotatable bonds is 4. The van der Waals surface area contributed by atoms with Gasteiger partial charge >= 0.3 is 0 Å². The minimum atomic E-state index is -0.543. The van der Waals surface area contributed by atoms with E-state index in [9.17, 15) is 14.3 Å². The number of hydrogen-bond donors (Lipinski definition) is 3. The Kier molecular flexibility index (Phi) is 5.31. The van der Waals surface area contributed by atoms with Crippen LogP contribution in [-0.2, 0) is 4.79 Å². The monoisotopic (exact) mass is 431 g/mol. The van der Waals surface area contributed by atoms with Gasteiger partial charge in [0.25, 0.3) is 0 Å². The number of amides is 1. The zero-order valence-electron chi connectivity index (χ0n) is 17.9. The highest BCUT2D eigenvalue weighted by atomic mass is 19.1. The zero-order valence-corrected chi connectivity index (χ0v) is 17.9. The largest absolute Gasteiger partial charge is 0.507 e. The average molecular weight is 432 g/mol. The lowest BCUT2D eigenvalue weighted by atomic mass is 9.91. The van der Waals surface area contributed by atoms with Gasteiger partial charge in [-0.25, -0.2) is 4.39 Å². The molecular formula is C26H26FN3O2. The van der Waals surface area contributed by atoms with Crippen LogP contribution in [0.25, 0.3) is 22.3 Å². The van der Waals surface area contributed by atoms with Crippen LogP contribution in [0.3, 0.4) is 0 Å². The second kappa shape index (κ2) is 8.28. The summed E-state index contributed by atoms with van der Waals surface area (Å²) < 4.78 is 14.5. The number of carbonyl (C=O) groups is 1. The zero-order chi connectivity index (χ0) is 22.2. The molecule has 32 heavy (non-hydrogen) atoms. The van der Waals surface area contributed by atoms with Crippen LogP contribution in [-0.4, -0.2) is 36.2 Å². The summed E-state index contributed by atoms with van der Waals surface area (Å²) in [7, 11) is 0. The van der Waals surface area contributed by atoms with Crippen molar-refractivity contribution in [3.63, 3.8) is 0 Å². The van der Waals surface area contributed by atoms with Crippen molar-refractivity contribution in [3.05, 3.63) is 66.5 Å². The molecule has 0 unspecified atom stereocenters. The van der Waals surface area contributed by atoms with Crippen LogP contribution >= 0.6 is 0 Å². The first-order chi connectivity index (χ1) is 15.5. The van der Waals surface area contributed by atoms with E-state index in [2.05, 4.69) is 27.7 Å². The van der Waals surface area contributed by atoms with E-state index in [0.717, 1.165) is 24.3 Å². The Balaban J connectivity index is 1.48. The molecule has 5 nitrogen and oxygen atoms in total. The molecule has 3 aliphatic heterocycles. The standard InChI is InChI=1S/C26H26FN3O2/c1-16(31)29-25-11-8-18(13-24(25)27)23-7-3-6-22(26(23)32)17-4-2-5-20(12-17)30-15-19-9-10-21(30)14-28-19/h2-8,11-13,19,21,28,32H,9-10,14-15H2,1H3,(H,29,31)/t19-,21-/m0/s1. The molecule has 2 bridgehead atoms. The van der Waals surface area contributed by atoms with Crippen LogP contribution in [0.15, 0.2) is 60.7 Å². The van der Waals surface area contributed by atoms with E-state index in [1.54, 1.807) is 12.1 Å². The summed E-state index contributed by atoms with van der Waals surface area (Å²) in [6.45, 7) is 3.35. The number of piperazine rings is 1. The molecule has 6 heteroatoms. The van der Waals surface area contributed by atoms with Gasteiger partial charge in [0.15, 0.2) is 0 Å². The highest BCUT2D eigenvalue weighted by Crippen LogP contribution is 2.40. The fourth-order valence-corrected chi connectivity index (χ4v) is 4.86. The molecule has 3 N–H and O–H groups in total. The Morgan fingerprint density at radius 1 is 1.06 bits per heavy atom. The fraction of sp³-hybridized carbons (Fsp3) is 0.269. The van der Waals surface area contributed by atoms with Crippen molar-refractivity contribution >= 4 is 17.3 Å². The number of phenolic OH excluding ortho intramolecular Hbond substituents is 1. The smallest absolute Gasteiger partial charge is 0.221 e. The number of para-hydroxylation sites is 1. The van der Waals surface area contributed by atoms with Crippen LogP contribution in [0, 0.1) is 5.82 Å². The van der Waals surface area contributed by atoms with Crippen molar-refractivity contribution in [1.82, 2.24) is 5.32 Å². The molecule has 1 amide bonds. The maximum Gasteiger partial charge on any atom is 0.221 e. The van der Waals surface area contributed by atoms with Crippen LogP contribution in [0.2, 0.25) is 0 Å². The molecule has 3 fully saturated rings. The predicted octanol–water partition coefficient (Wildman–Crippen LogP) is 4.76. The van der Waals surface area contributed by atoms with E-state index < -0.39 is 5.82 Å². The number of aromatic hydroxyl groups is 1. The number of hydrogen-bond acceptors (Lipinski definition) is 4. The molecule has 3 heterocycles. The number of benzene rings is 3. The molecule has 0 saturated carbocycles. The van der Waals surface area contributed by atoms with Gasteiger partial charge in [-0.3, -0.25) is 4.79 Å². The average Bonchev–Trinajstić information content (AvgIpc) is 2.81. The number of nitrogens with zero attached hydrogens (tertiary/aromatic N) is 1. The first-order valence-corrected chi connectivity index (χ1v) is 11.0. The van der Waals surface area contributed by atoms with Gasteiger partial charge < -0.3 is 20.6 Å². The first kappa shape index (κ1) is 20.5. The second-order valence-electron chi connectivity index (χ2n) is 8.62. The summed E-state index contributed by atoms with van der Waals surface area (Å²) in [6, 6.07) is 19.4. The van der Waals surface area contributed by atoms with E-state index in [1.165, 1.54) is 31.9 Å². The van der Waals surface area contributed by atoms with Gasteiger partial charge in [-0.15, -0.1) is 0 Å². The van der Waals surface area contributed by atoms with Crippen molar-refractivity contribution < 1.29 is 14.3 Å². The molecule has 0 radical (unpaired) electrons. The van der Waals surface area contributed by atoms with E-state index in [1.807, 2.05) is 24.3 Å². The van der Waals surface area contributed by atoms with E-state index in [4.69, 9.17) is 0 Å². The molecule has 6 rings (SSSR count). The minimum absolute atomic E-state index is 0.109. The van der Waals surface area contributed by atoms with Gasteiger partial charge in [0, 0.05) is 48.9 Å². The highest BCUT2D eigenvalue weighted by molar-refractivity contribution is 5.89. The van der Waals surface area contributed by atoms with Gasteiger partial charge in [-0.05, 0) is 48.2 Å². The summed E-state index contributed by atoms with van der Waals surface area (Å²) in [5.74, 6) is -0.768. The third-order valence-electron chi connectivity index (χ3n) is 6.46. The van der Waals surface area contributed by atoms with Crippen molar-refractivity contribution in [2.24, 2.45) is 0 Å². The number of fused-ring (bicyclic) bond motifs is 3. The van der Waals surface area contributed by atoms with Crippen molar-refractivity contribution in [1.29, 1.82) is 0 Å². The Labute approximate surface area is 186 Å². The lowest BCUT2D eigenvalue weighted by Crippen LogP contribution is -2.61. The summed E-state index contributed by atoms with van der Waals surface area (Å²) in [5.41, 5.74) is 4.00. The van der Waals surface area contributed by atoms with Crippen LogP contribution in [0.4, 0.5) is 15.8 Å². The van der Waals surface area contributed by atoms with Crippen molar-refractivity contribution in [2.45, 2.75) is 31.8 Å². The fourth-order valence-electron chi connectivity index (χ4n) is 4.86. The van der Waals surface area contributed by atoms with Crippen molar-refractivity contribution in [2.75, 3.05) is 23.3 Å². The quantitative estimate of drug-likeness (QED) is 0.557. The molecule has 2 atom stereocenters. The topological polar surface area (TPSA) is 64.6 Å². The molecule has 0 spiro atoms. The van der Waals surface area contributed by atoms with Crippen LogP contribution < -0.4 is 15.5 Å². The molecule has 3 aliphatic rings. The maximum absolute atomic E-state index is 14.5. The molecule has 0 aliphatic carbocycles. The third kappa shape index (κ3) is 3.82. The highest BCUT2D eigenvalue weighted by Gasteiger charge is 2.33. The Hall–Kier alpha value is -3.38. The minimum Gasteiger partial charge on any atom is -0.507 e. The molecular weight excluding hydrogens is 405 g/mol. The molecule has 3 aromatic carbocycles. The van der Waals surface area contributed by atoms with Gasteiger partial charge in [-0.1, -0.05) is 36.4 Å². The normalized spacial score (nSPS) is 19.8. The molecule has 164 valence electrons. The number of nitrogens with one attached hydrogen (secondary N) is 2. The van der Waals surface area contributed by atoms with E-state index in [-0.39, 0.29) is 17.3 Å². The Morgan fingerprint density at radius 3 is 2.44 bits per heavy atom. The number of halogens is 1. The van der Waals surface area contributed by atoms with Crippen LogP contribution in [0.5, 0.6) is 5.75 Å². The lowest BCUT2D eigenvalue weighted by Gasteiger charge is -2.47. The molecule has 0 aromatic heterocycles. The maximum atomic E-state index is 14.5. The number of piperidine rings is 2. The van der Waals surface area contributed by atoms with E-state index >= 15 is 0 Å². The Bertz CT molecular complexity index is 1170. The number of anilines is 2. The summed E-state index contributed by atoms with van der Waals surface area (Å²) >= 11 is 0. The van der Waals surface area contributed by atoms with Crippen molar-refractivity contribution in [3.8, 4) is 28.0 Å². The van der Waals surface area contributed by atoms with Gasteiger partial charge in [0.05, 0.1) is 5.69 Å². The third-order valence-corrected chi connectivity index (χ3v) is 6.46. The lowest BCUT2D eigenvalue weighted by molar-refractivity contribution is -0.114. The molecule has 3 saturated heterocycles. The number of carbonyl (C=O) groups excluding carboxylic acids is 1. The van der Waals surface area contributed by atoms with Gasteiger partial charge in [-0.2, -0.15) is 0 Å². The van der Waals surface area contributed by atoms with Gasteiger partial charge in [0.2, 0.25) is 5.91 Å². The Morgan fingerprint density at radius 2 is 1.81 bits per heavy atom. The summed E-state index contributed by atoms with van der Waals surface area (Å²) in [6.07, 6.45) is 2.42. The SMILES string of the molecule is CC(=O)Nc1ccc(-c2cccc(-c3cccc(N4C[C@@H]5CC[C@H]4CN5)c3)c2O)cc1F. The summed E-state index contributed by atoms with van der Waals surface area (Å²) in [5, 5.41) is 17.1. The van der Waals surface area contributed by atoms with Crippen LogP contribution in [0.1, 0.15) is 19.8 Å². The second-order valence-corrected chi connectivity index (χ2v) is 8.62. The molecule has 3 aromatic rings. The first-order valence-electron chi connectivity index (χ1n) is 11.0. The predicted molar refractivity (Wildman–Crippen MR) is 125 cm³/mol. The summed E-state index contributed by atoms with van der Waals surface area (Å²) in [4.78, 5) is 13.7. The van der Waals surface area contributed by atoms with E-state index in [0.29, 0.717) is 28.8 Å². The van der Waals surface area contributed by atoms with Gasteiger partial charge in [0.1, 0.15) is 11.6 Å². The number of phenols is 1.